The minimum atomic E-state index is -0.162. The highest BCUT2D eigenvalue weighted by Crippen LogP contribution is 2.15. The maximum Gasteiger partial charge on any atom is 0.306 e. The van der Waals surface area contributed by atoms with Gasteiger partial charge >= 0.3 is 5.97 Å². The van der Waals surface area contributed by atoms with Crippen molar-refractivity contribution in [3.63, 3.8) is 0 Å². The van der Waals surface area contributed by atoms with E-state index in [1.807, 2.05) is 6.08 Å². The van der Waals surface area contributed by atoms with Gasteiger partial charge in [-0.2, -0.15) is 0 Å². The standard InChI is InChI=1S/C25H43NO5.C7H14O/c1-3-4-5-6-7-13-23(2)30-21-12-15-24(14-11-20-29-22-27)31-25(28)16-10-19-26-17-8-9-18-26;1-2-3-4-5-6-7-8/h3,22,24H,1-2,4-21H2;7H,2-6H2,1H3. The molecule has 0 bridgehead atoms. The lowest BCUT2D eigenvalue weighted by atomic mass is 10.1. The van der Waals surface area contributed by atoms with Gasteiger partial charge in [0.25, 0.3) is 6.47 Å². The molecule has 1 fully saturated rings. The Hall–Kier alpha value is -2.15. The van der Waals surface area contributed by atoms with Crippen LogP contribution in [0.1, 0.15) is 122 Å². The number of hydrogen-bond donors (Lipinski definition) is 0. The normalized spacial score (nSPS) is 13.6. The molecule has 0 N–H and O–H groups in total. The molecule has 226 valence electrons. The van der Waals surface area contributed by atoms with Crippen molar-refractivity contribution in [2.24, 2.45) is 0 Å². The first-order valence-electron chi connectivity index (χ1n) is 15.4. The SMILES string of the molecule is C=CCCCCCC(=C)OCCCC(CCCOC=O)OC(=O)CCCN1CCCC1.CCCCCCC=O. The van der Waals surface area contributed by atoms with Crippen LogP contribution >= 0.6 is 0 Å². The number of carbonyl (C=O) groups excluding carboxylic acids is 3. The lowest BCUT2D eigenvalue weighted by Crippen LogP contribution is -2.23. The van der Waals surface area contributed by atoms with E-state index in [1.165, 1.54) is 32.1 Å². The van der Waals surface area contributed by atoms with Crippen LogP contribution in [0.5, 0.6) is 0 Å². The Morgan fingerprint density at radius 1 is 0.872 bits per heavy atom. The smallest absolute Gasteiger partial charge is 0.306 e. The van der Waals surface area contributed by atoms with Crippen LogP contribution in [0.15, 0.2) is 25.0 Å². The van der Waals surface area contributed by atoms with Gasteiger partial charge in [-0.1, -0.05) is 45.3 Å². The largest absolute Gasteiger partial charge is 0.499 e. The summed E-state index contributed by atoms with van der Waals surface area (Å²) in [5.74, 6) is 0.693. The Kier molecular flexibility index (Phi) is 27.3. The first-order chi connectivity index (χ1) is 19.1. The summed E-state index contributed by atoms with van der Waals surface area (Å²) in [6.45, 7) is 14.5. The highest BCUT2D eigenvalue weighted by atomic mass is 16.5. The molecule has 7 heteroatoms. The second kappa shape index (κ2) is 28.8. The van der Waals surface area contributed by atoms with E-state index in [0.717, 1.165) is 95.9 Å². The molecule has 0 aromatic carbocycles. The minimum absolute atomic E-state index is 0.134. The van der Waals surface area contributed by atoms with Crippen LogP contribution in [0.2, 0.25) is 0 Å². The molecule has 1 aliphatic heterocycles. The Balaban J connectivity index is 0.00000156. The molecule has 1 saturated heterocycles. The molecule has 0 amide bonds. The van der Waals surface area contributed by atoms with Gasteiger partial charge in [-0.25, -0.2) is 0 Å². The number of hydrogen-bond acceptors (Lipinski definition) is 7. The van der Waals surface area contributed by atoms with E-state index in [9.17, 15) is 14.4 Å². The zero-order valence-electron chi connectivity index (χ0n) is 24.9. The molecule has 0 aromatic heterocycles. The molecular weight excluding hydrogens is 494 g/mol. The predicted molar refractivity (Wildman–Crippen MR) is 158 cm³/mol. The van der Waals surface area contributed by atoms with Gasteiger partial charge in [0.1, 0.15) is 12.4 Å². The molecule has 1 atom stereocenters. The summed E-state index contributed by atoms with van der Waals surface area (Å²) >= 11 is 0. The highest BCUT2D eigenvalue weighted by molar-refractivity contribution is 5.69. The summed E-state index contributed by atoms with van der Waals surface area (Å²) in [6.07, 6.45) is 20.4. The molecule has 0 spiro atoms. The Morgan fingerprint density at radius 3 is 2.23 bits per heavy atom. The van der Waals surface area contributed by atoms with Crippen molar-refractivity contribution in [2.45, 2.75) is 129 Å². The van der Waals surface area contributed by atoms with Crippen LogP contribution in [-0.2, 0) is 28.6 Å². The van der Waals surface area contributed by atoms with Crippen molar-refractivity contribution >= 4 is 18.7 Å². The molecule has 1 aliphatic rings. The quantitative estimate of drug-likeness (QED) is 0.0366. The molecule has 0 aliphatic carbocycles. The van der Waals surface area contributed by atoms with Gasteiger partial charge in [-0.3, -0.25) is 9.59 Å². The summed E-state index contributed by atoms with van der Waals surface area (Å²) in [7, 11) is 0. The van der Waals surface area contributed by atoms with Crippen LogP contribution in [0.3, 0.4) is 0 Å². The van der Waals surface area contributed by atoms with Crippen LogP contribution in [-0.4, -0.2) is 62.6 Å². The second-order valence-electron chi connectivity index (χ2n) is 10.3. The van der Waals surface area contributed by atoms with Crippen molar-refractivity contribution in [1.82, 2.24) is 4.90 Å². The fourth-order valence-electron chi connectivity index (χ4n) is 4.44. The van der Waals surface area contributed by atoms with Crippen LogP contribution in [0.25, 0.3) is 0 Å². The minimum Gasteiger partial charge on any atom is -0.499 e. The number of allylic oxidation sites excluding steroid dienone is 2. The molecule has 7 nitrogen and oxygen atoms in total. The van der Waals surface area contributed by atoms with E-state index >= 15 is 0 Å². The van der Waals surface area contributed by atoms with E-state index in [0.29, 0.717) is 38.9 Å². The van der Waals surface area contributed by atoms with Gasteiger partial charge in [0.2, 0.25) is 0 Å². The van der Waals surface area contributed by atoms with Crippen LogP contribution in [0, 0.1) is 0 Å². The third-order valence-electron chi connectivity index (χ3n) is 6.72. The van der Waals surface area contributed by atoms with E-state index < -0.39 is 0 Å². The van der Waals surface area contributed by atoms with Crippen LogP contribution in [0.4, 0.5) is 0 Å². The lowest BCUT2D eigenvalue weighted by molar-refractivity contribution is -0.150. The molecule has 0 aromatic rings. The molecule has 1 unspecified atom stereocenters. The Morgan fingerprint density at radius 2 is 1.56 bits per heavy atom. The third-order valence-corrected chi connectivity index (χ3v) is 6.72. The summed E-state index contributed by atoms with van der Waals surface area (Å²) in [6, 6.07) is 0. The monoisotopic (exact) mass is 551 g/mol. The molecule has 1 heterocycles. The van der Waals surface area contributed by atoms with Crippen molar-refractivity contribution in [1.29, 1.82) is 0 Å². The second-order valence-corrected chi connectivity index (χ2v) is 10.3. The van der Waals surface area contributed by atoms with Gasteiger partial charge in [0.05, 0.1) is 19.0 Å². The lowest BCUT2D eigenvalue weighted by Gasteiger charge is -2.19. The fourth-order valence-corrected chi connectivity index (χ4v) is 4.44. The summed E-state index contributed by atoms with van der Waals surface area (Å²) in [4.78, 5) is 34.8. The van der Waals surface area contributed by atoms with Gasteiger partial charge in [0, 0.05) is 19.3 Å². The number of esters is 1. The maximum atomic E-state index is 12.3. The van der Waals surface area contributed by atoms with Crippen LogP contribution < -0.4 is 0 Å². The number of ether oxygens (including phenoxy) is 3. The maximum absolute atomic E-state index is 12.3. The first kappa shape index (κ1) is 36.8. The summed E-state index contributed by atoms with van der Waals surface area (Å²) in [5, 5.41) is 0. The Labute approximate surface area is 238 Å². The average molecular weight is 552 g/mol. The predicted octanol–water partition coefficient (Wildman–Crippen LogP) is 7.33. The van der Waals surface area contributed by atoms with Gasteiger partial charge in [-0.15, -0.1) is 6.58 Å². The first-order valence-corrected chi connectivity index (χ1v) is 15.4. The summed E-state index contributed by atoms with van der Waals surface area (Å²) in [5.41, 5.74) is 0. The number of aldehydes is 1. The summed E-state index contributed by atoms with van der Waals surface area (Å²) < 4.78 is 16.2. The topological polar surface area (TPSA) is 82.1 Å². The van der Waals surface area contributed by atoms with E-state index in [2.05, 4.69) is 25.0 Å². The van der Waals surface area contributed by atoms with E-state index in [-0.39, 0.29) is 12.1 Å². The molecule has 1 rings (SSSR count). The van der Waals surface area contributed by atoms with E-state index in [1.54, 1.807) is 0 Å². The average Bonchev–Trinajstić information content (AvgIpc) is 3.45. The van der Waals surface area contributed by atoms with Crippen molar-refractivity contribution < 1.29 is 28.6 Å². The Bertz CT molecular complexity index is 618. The van der Waals surface area contributed by atoms with Crippen molar-refractivity contribution in [3.8, 4) is 0 Å². The van der Waals surface area contributed by atoms with Gasteiger partial charge in [-0.05, 0) is 90.3 Å². The third kappa shape index (κ3) is 25.9. The zero-order valence-corrected chi connectivity index (χ0v) is 24.9. The number of nitrogens with zero attached hydrogens (tertiary/aromatic N) is 1. The molecule has 39 heavy (non-hydrogen) atoms. The number of carbonyl (C=O) groups is 3. The van der Waals surface area contributed by atoms with Gasteiger partial charge < -0.3 is 23.9 Å². The molecular formula is C32H57NO6. The van der Waals surface area contributed by atoms with E-state index in [4.69, 9.17) is 14.2 Å². The molecule has 0 radical (unpaired) electrons. The van der Waals surface area contributed by atoms with Crippen molar-refractivity contribution in [3.05, 3.63) is 25.0 Å². The molecule has 0 saturated carbocycles. The van der Waals surface area contributed by atoms with Gasteiger partial charge in [0.15, 0.2) is 0 Å². The fraction of sp³-hybridized carbons (Fsp3) is 0.781. The number of rotatable bonds is 26. The number of likely N-dealkylation sites (tertiary alicyclic amines) is 1. The zero-order chi connectivity index (χ0) is 28.8. The highest BCUT2D eigenvalue weighted by Gasteiger charge is 2.16. The van der Waals surface area contributed by atoms with Crippen molar-refractivity contribution in [2.75, 3.05) is 32.8 Å². The number of unbranched alkanes of at least 4 members (excludes halogenated alkanes) is 7.